The second-order valence-electron chi connectivity index (χ2n) is 3.46. The minimum atomic E-state index is 0.196. The topological polar surface area (TPSA) is 24.7 Å². The van der Waals surface area contributed by atoms with Crippen molar-refractivity contribution in [3.63, 3.8) is 0 Å². The summed E-state index contributed by atoms with van der Waals surface area (Å²) in [5, 5.41) is 8.39. The predicted octanol–water partition coefficient (Wildman–Crippen LogP) is 5.18. The van der Waals surface area contributed by atoms with Gasteiger partial charge in [0.25, 0.3) is 0 Å². The second-order valence-corrected chi connectivity index (χ2v) is 9.38. The first kappa shape index (κ1) is 12.2. The molecule has 1 aliphatic carbocycles. The molecule has 0 fully saturated rings. The number of halogens is 2. The SMILES string of the molecule is IC1(I)C=CC(N=Nc2ccccc2)=CC1. The predicted molar refractivity (Wildman–Crippen MR) is 83.6 cm³/mol. The lowest BCUT2D eigenvalue weighted by molar-refractivity contribution is 1.01. The zero-order chi connectivity index (χ0) is 11.4. The molecule has 16 heavy (non-hydrogen) atoms. The van der Waals surface area contributed by atoms with E-state index >= 15 is 0 Å². The maximum Gasteiger partial charge on any atom is 0.0952 e. The van der Waals surface area contributed by atoms with Crippen molar-refractivity contribution in [1.29, 1.82) is 0 Å². The van der Waals surface area contributed by atoms with Crippen LogP contribution in [-0.4, -0.2) is 1.43 Å². The van der Waals surface area contributed by atoms with Gasteiger partial charge in [0.1, 0.15) is 0 Å². The third kappa shape index (κ3) is 3.65. The van der Waals surface area contributed by atoms with Crippen LogP contribution in [0.5, 0.6) is 0 Å². The Kier molecular flexibility index (Phi) is 4.12. The summed E-state index contributed by atoms with van der Waals surface area (Å²) in [6, 6.07) is 9.77. The van der Waals surface area contributed by atoms with Crippen LogP contribution in [0.15, 0.2) is 64.5 Å². The van der Waals surface area contributed by atoms with Gasteiger partial charge in [-0.05, 0) is 24.6 Å². The second kappa shape index (κ2) is 5.39. The fraction of sp³-hybridized carbons (Fsp3) is 0.167. The zero-order valence-electron chi connectivity index (χ0n) is 8.48. The van der Waals surface area contributed by atoms with Gasteiger partial charge in [0.15, 0.2) is 0 Å². The van der Waals surface area contributed by atoms with Gasteiger partial charge >= 0.3 is 0 Å². The standard InChI is InChI=1S/C12H10I2N2/c13-12(14)8-6-11(7-9-12)16-15-10-4-2-1-3-5-10/h1-8H,9H2. The van der Waals surface area contributed by atoms with Crippen molar-refractivity contribution in [2.45, 2.75) is 7.85 Å². The highest BCUT2D eigenvalue weighted by Crippen LogP contribution is 2.37. The van der Waals surface area contributed by atoms with E-state index in [4.69, 9.17) is 0 Å². The summed E-state index contributed by atoms with van der Waals surface area (Å²) in [5.74, 6) is 0. The Hall–Kier alpha value is -0.240. The van der Waals surface area contributed by atoms with Crippen LogP contribution in [0.3, 0.4) is 0 Å². The smallest absolute Gasteiger partial charge is 0.0952 e. The van der Waals surface area contributed by atoms with E-state index in [0.29, 0.717) is 0 Å². The molecule has 1 aromatic carbocycles. The Morgan fingerprint density at radius 3 is 2.44 bits per heavy atom. The molecule has 2 rings (SSSR count). The van der Waals surface area contributed by atoms with Gasteiger partial charge in [-0.2, -0.15) is 10.2 Å². The summed E-state index contributed by atoms with van der Waals surface area (Å²) in [6.45, 7) is 0. The molecule has 0 unspecified atom stereocenters. The number of hydrogen-bond donors (Lipinski definition) is 0. The molecule has 0 N–H and O–H groups in total. The van der Waals surface area contributed by atoms with Crippen molar-refractivity contribution in [3.8, 4) is 0 Å². The normalized spacial score (nSPS) is 18.8. The van der Waals surface area contributed by atoms with E-state index in [1.807, 2.05) is 36.4 Å². The first-order valence-electron chi connectivity index (χ1n) is 4.90. The lowest BCUT2D eigenvalue weighted by Crippen LogP contribution is -2.07. The first-order chi connectivity index (χ1) is 7.66. The molecule has 0 spiro atoms. The monoisotopic (exact) mass is 436 g/mol. The van der Waals surface area contributed by atoms with Gasteiger partial charge in [0.2, 0.25) is 0 Å². The molecule has 0 saturated carbocycles. The van der Waals surface area contributed by atoms with Crippen molar-refractivity contribution in [2.75, 3.05) is 0 Å². The Balaban J connectivity index is 2.05. The van der Waals surface area contributed by atoms with Crippen LogP contribution in [0.1, 0.15) is 6.42 Å². The van der Waals surface area contributed by atoms with Gasteiger partial charge in [0.05, 0.1) is 12.8 Å². The molecule has 0 aliphatic heterocycles. The van der Waals surface area contributed by atoms with Crippen LogP contribution in [0, 0.1) is 0 Å². The Morgan fingerprint density at radius 1 is 1.06 bits per heavy atom. The van der Waals surface area contributed by atoms with E-state index in [1.54, 1.807) is 0 Å². The average molecular weight is 436 g/mol. The van der Waals surface area contributed by atoms with Gasteiger partial charge in [-0.1, -0.05) is 75.5 Å². The minimum absolute atomic E-state index is 0.196. The van der Waals surface area contributed by atoms with Crippen molar-refractivity contribution < 1.29 is 0 Å². The zero-order valence-corrected chi connectivity index (χ0v) is 12.8. The third-order valence-corrected chi connectivity index (χ3v) is 3.72. The molecule has 0 aromatic heterocycles. The number of allylic oxidation sites excluding steroid dienone is 3. The highest BCUT2D eigenvalue weighted by molar-refractivity contribution is 14.2. The molecular weight excluding hydrogens is 426 g/mol. The summed E-state index contributed by atoms with van der Waals surface area (Å²) in [4.78, 5) is 0. The maximum atomic E-state index is 4.21. The van der Waals surface area contributed by atoms with E-state index < -0.39 is 0 Å². The van der Waals surface area contributed by atoms with E-state index in [2.05, 4.69) is 67.6 Å². The van der Waals surface area contributed by atoms with E-state index in [1.165, 1.54) is 0 Å². The van der Waals surface area contributed by atoms with Crippen LogP contribution < -0.4 is 0 Å². The molecule has 2 nitrogen and oxygen atoms in total. The number of nitrogens with zero attached hydrogens (tertiary/aromatic N) is 2. The largest absolute Gasteiger partial charge is 0.151 e. The fourth-order valence-electron chi connectivity index (χ4n) is 1.27. The molecule has 1 aliphatic rings. The number of hydrogen-bond acceptors (Lipinski definition) is 2. The van der Waals surface area contributed by atoms with Crippen LogP contribution in [0.2, 0.25) is 0 Å². The molecule has 0 amide bonds. The summed E-state index contributed by atoms with van der Waals surface area (Å²) in [7, 11) is 0. The van der Waals surface area contributed by atoms with Crippen molar-refractivity contribution in [3.05, 3.63) is 54.3 Å². The summed E-state index contributed by atoms with van der Waals surface area (Å²) < 4.78 is 0.196. The van der Waals surface area contributed by atoms with Gasteiger partial charge in [-0.3, -0.25) is 0 Å². The molecule has 0 bridgehead atoms. The molecular formula is C12H10I2N2. The molecule has 0 heterocycles. The van der Waals surface area contributed by atoms with Crippen LogP contribution in [0.25, 0.3) is 0 Å². The summed E-state index contributed by atoms with van der Waals surface area (Å²) in [6.07, 6.45) is 7.29. The van der Waals surface area contributed by atoms with Gasteiger partial charge < -0.3 is 0 Å². The van der Waals surface area contributed by atoms with E-state index in [-0.39, 0.29) is 1.43 Å². The lowest BCUT2D eigenvalue weighted by Gasteiger charge is -2.16. The molecule has 0 atom stereocenters. The average Bonchev–Trinajstić information content (AvgIpc) is 2.29. The van der Waals surface area contributed by atoms with Crippen LogP contribution >= 0.6 is 45.2 Å². The van der Waals surface area contributed by atoms with Crippen molar-refractivity contribution >= 4 is 50.9 Å². The lowest BCUT2D eigenvalue weighted by atomic mass is 10.1. The maximum absolute atomic E-state index is 4.21. The van der Waals surface area contributed by atoms with Gasteiger partial charge in [-0.15, -0.1) is 0 Å². The van der Waals surface area contributed by atoms with Crippen LogP contribution in [0.4, 0.5) is 5.69 Å². The summed E-state index contributed by atoms with van der Waals surface area (Å²) in [5.41, 5.74) is 1.82. The fourth-order valence-corrected chi connectivity index (χ4v) is 2.07. The summed E-state index contributed by atoms with van der Waals surface area (Å²) >= 11 is 4.85. The number of alkyl halides is 2. The van der Waals surface area contributed by atoms with Crippen molar-refractivity contribution in [1.82, 2.24) is 0 Å². The van der Waals surface area contributed by atoms with Gasteiger partial charge in [-0.25, -0.2) is 0 Å². The van der Waals surface area contributed by atoms with Gasteiger partial charge in [0, 0.05) is 0 Å². The quantitative estimate of drug-likeness (QED) is 0.347. The Labute approximate surface area is 122 Å². The van der Waals surface area contributed by atoms with Crippen molar-refractivity contribution in [2.24, 2.45) is 10.2 Å². The third-order valence-electron chi connectivity index (χ3n) is 2.12. The number of rotatable bonds is 2. The molecule has 1 aromatic rings. The Morgan fingerprint density at radius 2 is 1.81 bits per heavy atom. The molecule has 0 radical (unpaired) electrons. The molecule has 0 saturated heterocycles. The number of benzene rings is 1. The minimum Gasteiger partial charge on any atom is -0.151 e. The Bertz CT molecular complexity index is 447. The number of azo groups is 1. The highest BCUT2D eigenvalue weighted by atomic mass is 127. The van der Waals surface area contributed by atoms with Crippen LogP contribution in [-0.2, 0) is 0 Å². The highest BCUT2D eigenvalue weighted by Gasteiger charge is 2.19. The van der Waals surface area contributed by atoms with E-state index in [0.717, 1.165) is 17.8 Å². The molecule has 82 valence electrons. The molecule has 4 heteroatoms. The van der Waals surface area contributed by atoms with E-state index in [9.17, 15) is 0 Å². The first-order valence-corrected chi connectivity index (χ1v) is 7.05.